The monoisotopic (exact) mass is 771 g/mol. The molecule has 1 saturated heterocycles. The number of aliphatic hydroxyl groups is 1. The second kappa shape index (κ2) is 17.9. The number of phenolic OH excluding ortho intramolecular Hbond substituents is 2. The van der Waals surface area contributed by atoms with Crippen molar-refractivity contribution in [2.45, 2.75) is 53.5 Å². The Morgan fingerprint density at radius 3 is 1.66 bits per heavy atom. The molecule has 0 unspecified atom stereocenters. The Hall–Kier alpha value is -6.22. The van der Waals surface area contributed by atoms with Crippen LogP contribution < -0.4 is 0 Å². The van der Waals surface area contributed by atoms with E-state index >= 15 is 0 Å². The zero-order chi connectivity index (χ0) is 39.3. The number of hydrogen-bond acceptors (Lipinski definition) is 6. The SMILES string of the molecule is C.CCc1ccccc1-c1c[nH]c2ncc(-c3ccc(O)c(CN4CCC(CO)CC4)c3)cc12.CCc1ccccc1-c1c[nH]c2ncc(-c3ccc(O)cc3)cc12. The molecule has 1 aliphatic heterocycles. The number of likely N-dealkylation sites (tertiary alicyclic amines) is 1. The molecule has 5 N–H and O–H groups in total. The first-order chi connectivity index (χ1) is 27.9. The fourth-order valence-corrected chi connectivity index (χ4v) is 8.06. The largest absolute Gasteiger partial charge is 0.508 e. The highest BCUT2D eigenvalue weighted by Gasteiger charge is 2.20. The third-order valence-electron chi connectivity index (χ3n) is 11.4. The molecular formula is C50H53N5O3. The van der Waals surface area contributed by atoms with Gasteiger partial charge in [0, 0.05) is 76.5 Å². The van der Waals surface area contributed by atoms with Gasteiger partial charge in [-0.05, 0) is 114 Å². The van der Waals surface area contributed by atoms with Crippen LogP contribution in [-0.4, -0.2) is 59.9 Å². The van der Waals surface area contributed by atoms with Gasteiger partial charge in [0.1, 0.15) is 22.8 Å². The number of rotatable bonds is 9. The lowest BCUT2D eigenvalue weighted by Crippen LogP contribution is -2.34. The van der Waals surface area contributed by atoms with Gasteiger partial charge in [-0.25, -0.2) is 9.97 Å². The number of piperidine rings is 1. The van der Waals surface area contributed by atoms with Gasteiger partial charge < -0.3 is 25.3 Å². The maximum atomic E-state index is 10.5. The smallest absolute Gasteiger partial charge is 0.137 e. The molecule has 8 aromatic rings. The quantitative estimate of drug-likeness (QED) is 0.0996. The zero-order valence-electron chi connectivity index (χ0n) is 32.5. The van der Waals surface area contributed by atoms with E-state index in [0.29, 0.717) is 18.2 Å². The predicted octanol–water partition coefficient (Wildman–Crippen LogP) is 11.2. The van der Waals surface area contributed by atoms with E-state index in [0.717, 1.165) is 88.7 Å². The van der Waals surface area contributed by atoms with E-state index in [1.165, 1.54) is 33.4 Å². The summed E-state index contributed by atoms with van der Waals surface area (Å²) < 4.78 is 0. The van der Waals surface area contributed by atoms with Crippen molar-refractivity contribution in [2.75, 3.05) is 19.7 Å². The molecule has 1 aliphatic rings. The van der Waals surface area contributed by atoms with Crippen molar-refractivity contribution in [2.24, 2.45) is 5.92 Å². The number of hydrogen-bond donors (Lipinski definition) is 5. The van der Waals surface area contributed by atoms with Crippen LogP contribution in [0.3, 0.4) is 0 Å². The van der Waals surface area contributed by atoms with E-state index in [4.69, 9.17) is 4.98 Å². The van der Waals surface area contributed by atoms with Crippen molar-refractivity contribution in [3.8, 4) is 56.0 Å². The van der Waals surface area contributed by atoms with Crippen molar-refractivity contribution < 1.29 is 15.3 Å². The van der Waals surface area contributed by atoms with Gasteiger partial charge in [0.15, 0.2) is 0 Å². The van der Waals surface area contributed by atoms with Gasteiger partial charge in [-0.1, -0.05) is 88.0 Å². The number of aryl methyl sites for hydroxylation is 2. The lowest BCUT2D eigenvalue weighted by atomic mass is 9.96. The summed E-state index contributed by atoms with van der Waals surface area (Å²) in [4.78, 5) is 18.2. The lowest BCUT2D eigenvalue weighted by molar-refractivity contribution is 0.127. The normalized spacial score (nSPS) is 13.3. The molecule has 296 valence electrons. The Labute approximate surface area is 340 Å². The van der Waals surface area contributed by atoms with E-state index in [-0.39, 0.29) is 19.8 Å². The minimum Gasteiger partial charge on any atom is -0.508 e. The van der Waals surface area contributed by atoms with Gasteiger partial charge in [0.05, 0.1) is 0 Å². The number of aliphatic hydroxyl groups excluding tert-OH is 1. The molecule has 4 aromatic heterocycles. The van der Waals surface area contributed by atoms with Gasteiger partial charge in [-0.3, -0.25) is 4.90 Å². The number of fused-ring (bicyclic) bond motifs is 2. The third-order valence-corrected chi connectivity index (χ3v) is 11.4. The van der Waals surface area contributed by atoms with Gasteiger partial charge in [-0.15, -0.1) is 0 Å². The maximum Gasteiger partial charge on any atom is 0.137 e. The van der Waals surface area contributed by atoms with Crippen molar-refractivity contribution in [1.82, 2.24) is 24.8 Å². The first-order valence-corrected chi connectivity index (χ1v) is 20.0. The highest BCUT2D eigenvalue weighted by Crippen LogP contribution is 2.36. The lowest BCUT2D eigenvalue weighted by Gasteiger charge is -2.31. The molecule has 0 spiro atoms. The van der Waals surface area contributed by atoms with Crippen molar-refractivity contribution in [3.63, 3.8) is 0 Å². The Balaban J connectivity index is 0.000000182. The summed E-state index contributed by atoms with van der Waals surface area (Å²) in [6, 6.07) is 34.4. The number of nitrogens with zero attached hydrogens (tertiary/aromatic N) is 3. The topological polar surface area (TPSA) is 121 Å². The Morgan fingerprint density at radius 1 is 0.603 bits per heavy atom. The number of H-pyrrole nitrogens is 2. The molecule has 8 heteroatoms. The van der Waals surface area contributed by atoms with Crippen LogP contribution in [-0.2, 0) is 19.4 Å². The number of aromatic amines is 2. The first-order valence-electron chi connectivity index (χ1n) is 20.0. The van der Waals surface area contributed by atoms with Gasteiger partial charge >= 0.3 is 0 Å². The fourth-order valence-electron chi connectivity index (χ4n) is 8.06. The summed E-state index contributed by atoms with van der Waals surface area (Å²) in [5.74, 6) is 1.01. The van der Waals surface area contributed by atoms with Gasteiger partial charge in [0.2, 0.25) is 0 Å². The number of pyridine rings is 2. The predicted molar refractivity (Wildman–Crippen MR) is 238 cm³/mol. The Kier molecular flexibility index (Phi) is 12.4. The van der Waals surface area contributed by atoms with E-state index < -0.39 is 0 Å². The highest BCUT2D eigenvalue weighted by molar-refractivity contribution is 5.97. The summed E-state index contributed by atoms with van der Waals surface area (Å²) >= 11 is 0. The average molecular weight is 772 g/mol. The van der Waals surface area contributed by atoms with Crippen molar-refractivity contribution in [1.29, 1.82) is 0 Å². The molecule has 0 aliphatic carbocycles. The molecule has 5 heterocycles. The molecule has 0 atom stereocenters. The molecule has 58 heavy (non-hydrogen) atoms. The number of phenols is 2. The highest BCUT2D eigenvalue weighted by atomic mass is 16.3. The molecule has 0 saturated carbocycles. The second-order valence-corrected chi connectivity index (χ2v) is 15.0. The van der Waals surface area contributed by atoms with Gasteiger partial charge in [0.25, 0.3) is 0 Å². The standard InChI is InChI=1S/C28H31N3O2.C21H18N2O.CH4/c1-2-20-5-3-4-6-24(20)26-16-30-28-25(26)14-22(15-29-28)21-7-8-27(33)23(13-21)17-31-11-9-19(18-32)10-12-31;1-2-14-5-3-4-6-18(14)20-13-23-21-19(20)11-16(12-22-21)15-7-9-17(24)10-8-15;/h3-8,13-16,19,32-33H,2,9-12,17-18H2,1H3,(H,29,30);3-13,24H,2H2,1H3,(H,22,23);1H4. The summed E-state index contributed by atoms with van der Waals surface area (Å²) in [5.41, 5.74) is 14.3. The number of aromatic nitrogens is 4. The molecule has 4 aromatic carbocycles. The van der Waals surface area contributed by atoms with Crippen LogP contribution in [0.15, 0.2) is 128 Å². The van der Waals surface area contributed by atoms with Crippen LogP contribution in [0.2, 0.25) is 0 Å². The summed E-state index contributed by atoms with van der Waals surface area (Å²) in [6.45, 7) is 7.24. The van der Waals surface area contributed by atoms with Crippen LogP contribution in [0, 0.1) is 5.92 Å². The fraction of sp³-hybridized carbons (Fsp3) is 0.240. The first kappa shape index (κ1) is 40.0. The van der Waals surface area contributed by atoms with E-state index in [9.17, 15) is 15.3 Å². The minimum absolute atomic E-state index is 0. The molecule has 0 radical (unpaired) electrons. The Bertz CT molecular complexity index is 2620. The van der Waals surface area contributed by atoms with Crippen LogP contribution in [0.4, 0.5) is 0 Å². The molecular weight excluding hydrogens is 719 g/mol. The third kappa shape index (κ3) is 8.40. The molecule has 1 fully saturated rings. The zero-order valence-corrected chi connectivity index (χ0v) is 32.5. The van der Waals surface area contributed by atoms with Crippen LogP contribution in [0.1, 0.15) is 50.8 Å². The van der Waals surface area contributed by atoms with Crippen LogP contribution >= 0.6 is 0 Å². The van der Waals surface area contributed by atoms with Crippen molar-refractivity contribution >= 4 is 22.1 Å². The summed E-state index contributed by atoms with van der Waals surface area (Å²) in [6.07, 6.45) is 11.8. The van der Waals surface area contributed by atoms with E-state index in [2.05, 4.69) is 100 Å². The van der Waals surface area contributed by atoms with Crippen molar-refractivity contribution in [3.05, 3.63) is 145 Å². The second-order valence-electron chi connectivity index (χ2n) is 15.0. The average Bonchev–Trinajstić information content (AvgIpc) is 3.89. The van der Waals surface area contributed by atoms with E-state index in [1.807, 2.05) is 43.0 Å². The molecule has 0 bridgehead atoms. The molecule has 0 amide bonds. The van der Waals surface area contributed by atoms with Gasteiger partial charge in [-0.2, -0.15) is 0 Å². The number of aromatic hydroxyl groups is 2. The Morgan fingerprint density at radius 2 is 1.12 bits per heavy atom. The summed E-state index contributed by atoms with van der Waals surface area (Å²) in [5, 5.41) is 31.6. The minimum atomic E-state index is 0. The molecule has 9 rings (SSSR count). The van der Waals surface area contributed by atoms with E-state index in [1.54, 1.807) is 18.2 Å². The molecule has 8 nitrogen and oxygen atoms in total. The van der Waals surface area contributed by atoms with Crippen LogP contribution in [0.25, 0.3) is 66.6 Å². The number of nitrogens with one attached hydrogen (secondary N) is 2. The maximum absolute atomic E-state index is 10.5. The van der Waals surface area contributed by atoms with Crippen LogP contribution in [0.5, 0.6) is 11.5 Å². The number of benzene rings is 4. The summed E-state index contributed by atoms with van der Waals surface area (Å²) in [7, 11) is 0.